The van der Waals surface area contributed by atoms with Crippen LogP contribution in [0.4, 0.5) is 5.69 Å². The standard InChI is InChI=1S/C19H13Br2ClN2O2/c1-2-7-26-18-16(21)9-12(10-17(18)22)8-13(11-23)19(25)24-15-5-3-14(20)4-6-15/h2-6,8-10H,1,7H2,(H,24,25)/b13-8-. The van der Waals surface area contributed by atoms with Crippen LogP contribution in [0.25, 0.3) is 6.08 Å². The maximum absolute atomic E-state index is 12.3. The highest BCUT2D eigenvalue weighted by Crippen LogP contribution is 2.35. The first-order valence-electron chi connectivity index (χ1n) is 7.36. The molecule has 0 aliphatic heterocycles. The number of nitriles is 1. The number of halogens is 3. The molecular weight excluding hydrogens is 483 g/mol. The molecular formula is C19H13Br2ClN2O2. The van der Waals surface area contributed by atoms with E-state index in [4.69, 9.17) is 16.3 Å². The minimum Gasteiger partial charge on any atom is -0.487 e. The van der Waals surface area contributed by atoms with Crippen LogP contribution >= 0.6 is 43.5 Å². The molecule has 0 aromatic heterocycles. The highest BCUT2D eigenvalue weighted by atomic mass is 79.9. The van der Waals surface area contributed by atoms with Crippen LogP contribution < -0.4 is 10.1 Å². The van der Waals surface area contributed by atoms with Gasteiger partial charge >= 0.3 is 0 Å². The lowest BCUT2D eigenvalue weighted by Crippen LogP contribution is -2.13. The van der Waals surface area contributed by atoms with Gasteiger partial charge in [0.2, 0.25) is 0 Å². The Labute approximate surface area is 173 Å². The first kappa shape index (κ1) is 20.2. The van der Waals surface area contributed by atoms with E-state index in [9.17, 15) is 10.1 Å². The molecule has 0 unspecified atom stereocenters. The van der Waals surface area contributed by atoms with Crippen LogP contribution in [0.2, 0.25) is 5.02 Å². The van der Waals surface area contributed by atoms with Crippen molar-refractivity contribution >= 4 is 61.1 Å². The highest BCUT2D eigenvalue weighted by Gasteiger charge is 2.12. The van der Waals surface area contributed by atoms with Crippen LogP contribution in [0.15, 0.2) is 63.6 Å². The number of hydrogen-bond acceptors (Lipinski definition) is 3. The van der Waals surface area contributed by atoms with Crippen molar-refractivity contribution in [3.8, 4) is 11.8 Å². The predicted molar refractivity (Wildman–Crippen MR) is 111 cm³/mol. The number of rotatable bonds is 6. The molecule has 0 atom stereocenters. The normalized spacial score (nSPS) is 10.8. The van der Waals surface area contributed by atoms with Crippen LogP contribution in [-0.4, -0.2) is 12.5 Å². The molecule has 26 heavy (non-hydrogen) atoms. The van der Waals surface area contributed by atoms with Gasteiger partial charge in [-0.1, -0.05) is 40.2 Å². The number of carbonyl (C=O) groups excluding carboxylic acids is 1. The van der Waals surface area contributed by atoms with Gasteiger partial charge in [-0.3, -0.25) is 4.79 Å². The van der Waals surface area contributed by atoms with E-state index in [0.29, 0.717) is 33.1 Å². The molecule has 0 aliphatic carbocycles. The summed E-state index contributed by atoms with van der Waals surface area (Å²) < 4.78 is 6.98. The van der Waals surface area contributed by atoms with Gasteiger partial charge in [-0.2, -0.15) is 5.26 Å². The zero-order chi connectivity index (χ0) is 19.1. The molecule has 0 saturated heterocycles. The monoisotopic (exact) mass is 494 g/mol. The molecule has 0 radical (unpaired) electrons. The van der Waals surface area contributed by atoms with Gasteiger partial charge < -0.3 is 10.1 Å². The van der Waals surface area contributed by atoms with Crippen LogP contribution in [0.3, 0.4) is 0 Å². The van der Waals surface area contributed by atoms with Gasteiger partial charge in [-0.25, -0.2) is 0 Å². The Kier molecular flexibility index (Phi) is 7.46. The minimum atomic E-state index is -0.506. The van der Waals surface area contributed by atoms with E-state index in [1.165, 1.54) is 6.08 Å². The average molecular weight is 497 g/mol. The molecule has 2 rings (SSSR count). The van der Waals surface area contributed by atoms with Crippen molar-refractivity contribution in [3.05, 3.63) is 74.2 Å². The summed E-state index contributed by atoms with van der Waals surface area (Å²) in [5, 5.41) is 12.4. The lowest BCUT2D eigenvalue weighted by Gasteiger charge is -2.10. The first-order valence-corrected chi connectivity index (χ1v) is 9.32. The lowest BCUT2D eigenvalue weighted by molar-refractivity contribution is -0.112. The second-order valence-electron chi connectivity index (χ2n) is 5.04. The van der Waals surface area contributed by atoms with Crippen molar-refractivity contribution in [3.63, 3.8) is 0 Å². The zero-order valence-corrected chi connectivity index (χ0v) is 17.4. The Hall–Kier alpha value is -2.07. The molecule has 2 aromatic carbocycles. The van der Waals surface area contributed by atoms with E-state index in [-0.39, 0.29) is 5.57 Å². The SMILES string of the molecule is C=CCOc1c(Cl)cc(/C=C(/C#N)C(=O)Nc2ccc(Br)cc2)cc1Br. The number of carbonyl (C=O) groups is 1. The van der Waals surface area contributed by atoms with E-state index >= 15 is 0 Å². The third-order valence-electron chi connectivity index (χ3n) is 3.14. The average Bonchev–Trinajstić information content (AvgIpc) is 2.61. The molecule has 0 heterocycles. The molecule has 0 bridgehead atoms. The Morgan fingerprint density at radius 1 is 1.31 bits per heavy atom. The summed E-state index contributed by atoms with van der Waals surface area (Å²) in [6.45, 7) is 3.90. The molecule has 132 valence electrons. The largest absolute Gasteiger partial charge is 0.487 e. The van der Waals surface area contributed by atoms with Crippen LogP contribution in [-0.2, 0) is 4.79 Å². The second kappa shape index (κ2) is 9.58. The second-order valence-corrected chi connectivity index (χ2v) is 7.22. The first-order chi connectivity index (χ1) is 12.4. The summed E-state index contributed by atoms with van der Waals surface area (Å²) in [5.41, 5.74) is 1.14. The molecule has 4 nitrogen and oxygen atoms in total. The molecule has 2 aromatic rings. The maximum Gasteiger partial charge on any atom is 0.266 e. The number of ether oxygens (including phenoxy) is 1. The quantitative estimate of drug-likeness (QED) is 0.304. The highest BCUT2D eigenvalue weighted by molar-refractivity contribution is 9.10. The Balaban J connectivity index is 2.24. The van der Waals surface area contributed by atoms with Crippen LogP contribution in [0.5, 0.6) is 5.75 Å². The molecule has 0 saturated carbocycles. The van der Waals surface area contributed by atoms with E-state index in [2.05, 4.69) is 43.8 Å². The van der Waals surface area contributed by atoms with Gasteiger partial charge in [0.05, 0.1) is 9.50 Å². The summed E-state index contributed by atoms with van der Waals surface area (Å²) in [6.07, 6.45) is 3.07. The molecule has 0 spiro atoms. The van der Waals surface area contributed by atoms with Crippen molar-refractivity contribution < 1.29 is 9.53 Å². The van der Waals surface area contributed by atoms with Crippen LogP contribution in [0.1, 0.15) is 5.56 Å². The molecule has 1 amide bonds. The van der Waals surface area contributed by atoms with E-state index in [1.54, 1.807) is 42.5 Å². The Morgan fingerprint density at radius 3 is 2.58 bits per heavy atom. The number of nitrogens with one attached hydrogen (secondary N) is 1. The van der Waals surface area contributed by atoms with E-state index in [0.717, 1.165) is 4.47 Å². The zero-order valence-electron chi connectivity index (χ0n) is 13.4. The van der Waals surface area contributed by atoms with Gasteiger partial charge in [-0.05, 0) is 64.0 Å². The lowest BCUT2D eigenvalue weighted by atomic mass is 10.1. The number of anilines is 1. The summed E-state index contributed by atoms with van der Waals surface area (Å²) in [4.78, 5) is 12.3. The summed E-state index contributed by atoms with van der Waals surface area (Å²) >= 11 is 12.9. The summed E-state index contributed by atoms with van der Waals surface area (Å²) in [5.74, 6) is -0.0319. The number of hydrogen-bond donors (Lipinski definition) is 1. The van der Waals surface area contributed by atoms with Gasteiger partial charge in [-0.15, -0.1) is 0 Å². The molecule has 0 fully saturated rings. The molecule has 7 heteroatoms. The maximum atomic E-state index is 12.3. The van der Waals surface area contributed by atoms with Gasteiger partial charge in [0, 0.05) is 10.2 Å². The van der Waals surface area contributed by atoms with Crippen molar-refractivity contribution in [2.75, 3.05) is 11.9 Å². The third kappa shape index (κ3) is 5.46. The smallest absolute Gasteiger partial charge is 0.266 e. The fraction of sp³-hybridized carbons (Fsp3) is 0.0526. The topological polar surface area (TPSA) is 62.1 Å². The molecule has 1 N–H and O–H groups in total. The van der Waals surface area contributed by atoms with E-state index < -0.39 is 5.91 Å². The van der Waals surface area contributed by atoms with Gasteiger partial charge in [0.1, 0.15) is 18.2 Å². The Bertz CT molecular complexity index is 880. The number of amides is 1. The van der Waals surface area contributed by atoms with Gasteiger partial charge in [0.15, 0.2) is 5.75 Å². The summed E-state index contributed by atoms with van der Waals surface area (Å²) in [6, 6.07) is 12.3. The fourth-order valence-corrected chi connectivity index (χ4v) is 3.24. The van der Waals surface area contributed by atoms with Crippen molar-refractivity contribution in [2.45, 2.75) is 0 Å². The molecule has 0 aliphatic rings. The van der Waals surface area contributed by atoms with Crippen molar-refractivity contribution in [2.24, 2.45) is 0 Å². The van der Waals surface area contributed by atoms with Gasteiger partial charge in [0.25, 0.3) is 5.91 Å². The fourth-order valence-electron chi connectivity index (χ4n) is 1.99. The minimum absolute atomic E-state index is 0.0457. The van der Waals surface area contributed by atoms with Crippen molar-refractivity contribution in [1.82, 2.24) is 0 Å². The Morgan fingerprint density at radius 2 is 2.00 bits per heavy atom. The number of benzene rings is 2. The predicted octanol–water partition coefficient (Wildman–Crippen LogP) is 5.98. The number of nitrogens with zero attached hydrogens (tertiary/aromatic N) is 1. The third-order valence-corrected chi connectivity index (χ3v) is 4.54. The van der Waals surface area contributed by atoms with E-state index in [1.807, 2.05) is 6.07 Å². The summed E-state index contributed by atoms with van der Waals surface area (Å²) in [7, 11) is 0. The van der Waals surface area contributed by atoms with Crippen molar-refractivity contribution in [1.29, 1.82) is 5.26 Å². The van der Waals surface area contributed by atoms with Crippen LogP contribution in [0, 0.1) is 11.3 Å².